The van der Waals surface area contributed by atoms with E-state index < -0.39 is 30.0 Å². The van der Waals surface area contributed by atoms with Crippen molar-refractivity contribution in [1.82, 2.24) is 15.6 Å². The van der Waals surface area contributed by atoms with Crippen molar-refractivity contribution >= 4 is 60.0 Å². The molecule has 0 amide bonds. The molecular formula is C28H33ClN6O8S2. The zero-order chi connectivity index (χ0) is 32.5. The minimum atomic E-state index is -4.81. The fraction of sp³-hybridized carbons (Fsp3) is 0.357. The van der Waals surface area contributed by atoms with Gasteiger partial charge in [-0.15, -0.1) is 0 Å². The van der Waals surface area contributed by atoms with Crippen molar-refractivity contribution in [2.45, 2.75) is 37.0 Å². The number of nitrogens with one attached hydrogen (secondary N) is 4. The van der Waals surface area contributed by atoms with E-state index in [4.69, 9.17) is 20.8 Å². The van der Waals surface area contributed by atoms with Gasteiger partial charge in [0, 0.05) is 25.2 Å². The maximum absolute atomic E-state index is 12.6. The normalized spacial score (nSPS) is 13.4. The summed E-state index contributed by atoms with van der Waals surface area (Å²) in [4.78, 5) is 7.97. The number of fused-ring (bicyclic) bond motifs is 4. The van der Waals surface area contributed by atoms with Gasteiger partial charge in [0.05, 0.1) is 23.3 Å². The fourth-order valence-corrected chi connectivity index (χ4v) is 6.93. The Morgan fingerprint density at radius 1 is 0.933 bits per heavy atom. The monoisotopic (exact) mass is 680 g/mol. The largest absolute Gasteiger partial charge is 0.451 e. The van der Waals surface area contributed by atoms with Crippen molar-refractivity contribution < 1.29 is 35.1 Å². The Bertz CT molecular complexity index is 2030. The van der Waals surface area contributed by atoms with Crippen LogP contribution in [0, 0.1) is 0 Å². The van der Waals surface area contributed by atoms with E-state index in [0.29, 0.717) is 38.2 Å². The van der Waals surface area contributed by atoms with Crippen LogP contribution in [0.3, 0.4) is 0 Å². The number of likely N-dealkylation sites (N-methyl/N-ethyl adjacent to an activating group) is 2. The Hall–Kier alpha value is -3.51. The van der Waals surface area contributed by atoms with Crippen LogP contribution in [0.4, 0.5) is 17.1 Å². The minimum absolute atomic E-state index is 0.000572. The summed E-state index contributed by atoms with van der Waals surface area (Å²) in [6.45, 7) is 8.79. The standard InChI is InChI=1S/C28H33ClN6O8S2/c1-4-15-21-26(43-25-16(34-21)7-9-19(28(25)45(39,40)41)33-14-12-31-6-3)20(29)22-23(15)42-24-17(35-22)8-10-18(27(24)44(36,37)38)32-13-11-30-5-2/h7-10,30-32,35H,4-6,11-14H2,1-3H3,(H,36,37,38)(H,39,40,41). The number of rotatable bonds is 12. The summed E-state index contributed by atoms with van der Waals surface area (Å²) in [5.74, 6) is -0.222. The molecule has 3 aliphatic rings. The summed E-state index contributed by atoms with van der Waals surface area (Å²) in [5, 5.41) is 12.3. The molecule has 2 aromatic rings. The van der Waals surface area contributed by atoms with Gasteiger partial charge in [-0.3, -0.25) is 14.1 Å². The van der Waals surface area contributed by atoms with Gasteiger partial charge in [-0.2, -0.15) is 16.8 Å². The Morgan fingerprint density at radius 2 is 1.64 bits per heavy atom. The first kappa shape index (κ1) is 32.9. The van der Waals surface area contributed by atoms with Crippen LogP contribution in [0.2, 0.25) is 5.02 Å². The fourth-order valence-electron chi connectivity index (χ4n) is 5.09. The quantitative estimate of drug-likeness (QED) is 0.0627. The summed E-state index contributed by atoms with van der Waals surface area (Å²) < 4.78 is 83.0. The van der Waals surface area contributed by atoms with Gasteiger partial charge < -0.3 is 30.4 Å². The maximum Gasteiger partial charge on any atom is 0.300 e. The van der Waals surface area contributed by atoms with E-state index in [1.54, 1.807) is 6.07 Å². The molecule has 0 unspecified atom stereocenters. The second-order valence-electron chi connectivity index (χ2n) is 10.0. The first-order chi connectivity index (χ1) is 21.4. The Labute approximate surface area is 265 Å². The van der Waals surface area contributed by atoms with E-state index in [-0.39, 0.29) is 68.0 Å². The molecule has 6 N–H and O–H groups in total. The molecule has 0 spiro atoms. The molecule has 0 radical (unpaired) electrons. The van der Waals surface area contributed by atoms with Gasteiger partial charge in [0.15, 0.2) is 32.6 Å². The molecular weight excluding hydrogens is 648 g/mol. The van der Waals surface area contributed by atoms with Crippen molar-refractivity contribution in [2.75, 3.05) is 49.9 Å². The summed E-state index contributed by atoms with van der Waals surface area (Å²) in [6.07, 6.45) is 0.311. The van der Waals surface area contributed by atoms with E-state index in [2.05, 4.69) is 31.2 Å². The number of aryl methyl sites for hydroxylation is 1. The lowest BCUT2D eigenvalue weighted by Gasteiger charge is -2.28. The van der Waals surface area contributed by atoms with Gasteiger partial charge in [-0.25, -0.2) is 4.98 Å². The lowest BCUT2D eigenvalue weighted by atomic mass is 10.0. The summed E-state index contributed by atoms with van der Waals surface area (Å²) in [6, 6.07) is 6.00. The van der Waals surface area contributed by atoms with Crippen LogP contribution in [0.5, 0.6) is 11.5 Å². The van der Waals surface area contributed by atoms with Gasteiger partial charge >= 0.3 is 10.1 Å². The maximum atomic E-state index is 12.6. The molecule has 242 valence electrons. The zero-order valence-electron chi connectivity index (χ0n) is 24.7. The number of benzene rings is 3. The van der Waals surface area contributed by atoms with Crippen molar-refractivity contribution in [1.29, 1.82) is 0 Å². The van der Waals surface area contributed by atoms with Crippen molar-refractivity contribution in [3.63, 3.8) is 0 Å². The average molecular weight is 681 g/mol. The second-order valence-corrected chi connectivity index (χ2v) is 13.1. The van der Waals surface area contributed by atoms with Gasteiger partial charge in [0.25, 0.3) is 10.1 Å². The molecule has 14 nitrogen and oxygen atoms in total. The number of aromatic nitrogens is 1. The van der Waals surface area contributed by atoms with Crippen molar-refractivity contribution in [3.8, 4) is 23.0 Å². The van der Waals surface area contributed by atoms with Crippen molar-refractivity contribution in [3.05, 3.63) is 40.2 Å². The molecule has 0 bridgehead atoms. The SMILES string of the molecule is CCNCCN=c1ccc2nc3c(CC)c4c(c(Cl)c3oc-2c1S(=O)(=O)O)Nc1ccc(NCCNCC)c(S(=O)(=O)O)c1O4. The highest BCUT2D eigenvalue weighted by Crippen LogP contribution is 2.54. The van der Waals surface area contributed by atoms with Crippen LogP contribution in [0.1, 0.15) is 26.3 Å². The highest BCUT2D eigenvalue weighted by Gasteiger charge is 2.34. The summed E-state index contributed by atoms with van der Waals surface area (Å²) >= 11 is 6.83. The van der Waals surface area contributed by atoms with Gasteiger partial charge in [-0.05, 0) is 43.8 Å². The van der Waals surface area contributed by atoms with Crippen LogP contribution >= 0.6 is 11.6 Å². The second kappa shape index (κ2) is 13.1. The molecule has 17 heteroatoms. The highest BCUT2D eigenvalue weighted by molar-refractivity contribution is 7.86. The number of hydrogen-bond donors (Lipinski definition) is 6. The number of nitrogens with zero attached hydrogens (tertiary/aromatic N) is 2. The van der Waals surface area contributed by atoms with Gasteiger partial charge in [0.1, 0.15) is 21.9 Å². The third-order valence-corrected chi connectivity index (χ3v) is 9.25. The smallest absolute Gasteiger partial charge is 0.300 e. The first-order valence-electron chi connectivity index (χ1n) is 14.2. The van der Waals surface area contributed by atoms with Crippen LogP contribution in [0.25, 0.3) is 22.6 Å². The molecule has 0 saturated carbocycles. The van der Waals surface area contributed by atoms with Crippen LogP contribution in [0.15, 0.2) is 43.5 Å². The third kappa shape index (κ3) is 6.44. The molecule has 2 aromatic carbocycles. The molecule has 2 heterocycles. The van der Waals surface area contributed by atoms with E-state index in [1.165, 1.54) is 18.2 Å². The van der Waals surface area contributed by atoms with E-state index in [9.17, 15) is 25.9 Å². The molecule has 5 rings (SSSR count). The number of ether oxygens (including phenoxy) is 1. The summed E-state index contributed by atoms with van der Waals surface area (Å²) in [7, 11) is -9.57. The third-order valence-electron chi connectivity index (χ3n) is 7.06. The zero-order valence-corrected chi connectivity index (χ0v) is 27.1. The van der Waals surface area contributed by atoms with Crippen LogP contribution in [-0.2, 0) is 26.7 Å². The van der Waals surface area contributed by atoms with Gasteiger partial charge in [-0.1, -0.05) is 32.4 Å². The molecule has 0 saturated heterocycles. The van der Waals surface area contributed by atoms with Crippen molar-refractivity contribution in [2.24, 2.45) is 4.99 Å². The number of hydrogen-bond acceptors (Lipinski definition) is 12. The first-order valence-corrected chi connectivity index (χ1v) is 17.5. The van der Waals surface area contributed by atoms with E-state index in [0.717, 1.165) is 6.54 Å². The van der Waals surface area contributed by atoms with E-state index >= 15 is 0 Å². The summed E-state index contributed by atoms with van der Waals surface area (Å²) in [5.41, 5.74) is 1.36. The lowest BCUT2D eigenvalue weighted by Crippen LogP contribution is -2.22. The molecule has 45 heavy (non-hydrogen) atoms. The van der Waals surface area contributed by atoms with Crippen LogP contribution in [-0.4, -0.2) is 70.2 Å². The number of halogens is 1. The van der Waals surface area contributed by atoms with E-state index in [1.807, 2.05) is 20.8 Å². The molecule has 2 aliphatic heterocycles. The molecule has 1 aliphatic carbocycles. The number of anilines is 3. The Kier molecular flexibility index (Phi) is 9.55. The predicted octanol–water partition coefficient (Wildman–Crippen LogP) is 4.02. The molecule has 0 atom stereocenters. The molecule has 0 fully saturated rings. The predicted molar refractivity (Wildman–Crippen MR) is 170 cm³/mol. The van der Waals surface area contributed by atoms with Gasteiger partial charge in [0.2, 0.25) is 0 Å². The average Bonchev–Trinajstić information content (AvgIpc) is 2.98. The Balaban J connectivity index is 1.71. The minimum Gasteiger partial charge on any atom is -0.451 e. The highest BCUT2D eigenvalue weighted by atomic mass is 35.5. The topological polar surface area (TPSA) is 204 Å². The van der Waals surface area contributed by atoms with Crippen LogP contribution < -0.4 is 31.4 Å². The molecule has 0 aromatic heterocycles. The Morgan fingerprint density at radius 3 is 2.31 bits per heavy atom. The lowest BCUT2D eigenvalue weighted by molar-refractivity contribution is 0.446.